The fourth-order valence-electron chi connectivity index (χ4n) is 3.13. The van der Waals surface area contributed by atoms with Gasteiger partial charge in [0.2, 0.25) is 5.96 Å². The molecule has 0 aromatic heterocycles. The van der Waals surface area contributed by atoms with Gasteiger partial charge in [-0.3, -0.25) is 0 Å². The molecule has 10 heteroatoms. The van der Waals surface area contributed by atoms with Gasteiger partial charge in [-0.05, 0) is 49.8 Å². The number of ether oxygens (including phenoxy) is 4. The Bertz CT molecular complexity index is 732. The van der Waals surface area contributed by atoms with Crippen molar-refractivity contribution in [2.45, 2.75) is 51.1 Å². The van der Waals surface area contributed by atoms with Crippen molar-refractivity contribution in [2.75, 3.05) is 27.3 Å². The van der Waals surface area contributed by atoms with Crippen LogP contribution in [0, 0.1) is 11.5 Å². The zero-order valence-electron chi connectivity index (χ0n) is 17.2. The minimum atomic E-state index is -2.94. The molecule has 0 aliphatic heterocycles. The summed E-state index contributed by atoms with van der Waals surface area (Å²) in [6, 6.07) is 4.79. The second kappa shape index (κ2) is 12.1. The molecule has 0 amide bonds. The topological polar surface area (TPSA) is 102 Å². The lowest BCUT2D eigenvalue weighted by Crippen LogP contribution is -2.36. The lowest BCUT2D eigenvalue weighted by molar-refractivity contribution is -0.0937. The van der Waals surface area contributed by atoms with Crippen LogP contribution in [0.4, 0.5) is 8.78 Å². The number of nitrogens with two attached hydrogens (primary N) is 1. The molecule has 0 bridgehead atoms. The number of alkyl halides is 2. The van der Waals surface area contributed by atoms with Gasteiger partial charge in [0.15, 0.2) is 24.0 Å². The highest BCUT2D eigenvalue weighted by molar-refractivity contribution is 5.79. The standard InChI is InChI=1S/C20H28F2N4O4/c1-27-18(28-2)12-25-20(24)26(13-23)10-9-14-7-8-16(30-19(21)22)17(11-14)29-15-5-3-4-6-15/h7-8,11,15,18-19H,3-6,9-10,12H2,1-2H3,(H2,24,25). The van der Waals surface area contributed by atoms with E-state index in [2.05, 4.69) is 9.73 Å². The SMILES string of the molecule is COC(CN=C(N)N(C#N)CCc1ccc(OC(F)F)c(OC2CCCC2)c1)OC. The molecule has 2 rings (SSSR count). The maximum absolute atomic E-state index is 12.7. The Kier molecular flexibility index (Phi) is 9.57. The van der Waals surface area contributed by atoms with Gasteiger partial charge >= 0.3 is 6.61 Å². The molecule has 166 valence electrons. The highest BCUT2D eigenvalue weighted by atomic mass is 19.3. The van der Waals surface area contributed by atoms with E-state index < -0.39 is 12.9 Å². The highest BCUT2D eigenvalue weighted by Gasteiger charge is 2.20. The minimum Gasteiger partial charge on any atom is -0.487 e. The van der Waals surface area contributed by atoms with Gasteiger partial charge in [0.05, 0.1) is 12.6 Å². The average molecular weight is 426 g/mol. The molecule has 1 saturated carbocycles. The number of aliphatic imine (C=N–C) groups is 1. The molecular weight excluding hydrogens is 398 g/mol. The Labute approximate surface area is 175 Å². The van der Waals surface area contributed by atoms with Gasteiger partial charge in [0.1, 0.15) is 0 Å². The third-order valence-corrected chi connectivity index (χ3v) is 4.77. The second-order valence-electron chi connectivity index (χ2n) is 6.79. The van der Waals surface area contributed by atoms with Crippen LogP contribution in [-0.2, 0) is 15.9 Å². The summed E-state index contributed by atoms with van der Waals surface area (Å²) in [5, 5.41) is 9.37. The first-order valence-electron chi connectivity index (χ1n) is 9.74. The molecule has 0 spiro atoms. The van der Waals surface area contributed by atoms with Crippen molar-refractivity contribution in [1.82, 2.24) is 4.90 Å². The predicted octanol–water partition coefficient (Wildman–Crippen LogP) is 2.87. The van der Waals surface area contributed by atoms with Crippen LogP contribution in [0.15, 0.2) is 23.2 Å². The van der Waals surface area contributed by atoms with Crippen LogP contribution in [0.2, 0.25) is 0 Å². The van der Waals surface area contributed by atoms with Crippen LogP contribution < -0.4 is 15.2 Å². The molecule has 1 aromatic rings. The zero-order valence-corrected chi connectivity index (χ0v) is 17.2. The predicted molar refractivity (Wildman–Crippen MR) is 106 cm³/mol. The van der Waals surface area contributed by atoms with Crippen LogP contribution in [-0.4, -0.2) is 57.2 Å². The lowest BCUT2D eigenvalue weighted by atomic mass is 10.1. The summed E-state index contributed by atoms with van der Waals surface area (Å²) in [5.41, 5.74) is 6.68. The maximum atomic E-state index is 12.7. The van der Waals surface area contributed by atoms with E-state index in [4.69, 9.17) is 19.9 Å². The molecule has 0 heterocycles. The molecular formula is C20H28F2N4O4. The Morgan fingerprint density at radius 2 is 1.97 bits per heavy atom. The first-order chi connectivity index (χ1) is 14.5. The van der Waals surface area contributed by atoms with E-state index in [0.717, 1.165) is 31.2 Å². The molecule has 30 heavy (non-hydrogen) atoms. The molecule has 2 N–H and O–H groups in total. The van der Waals surface area contributed by atoms with Crippen molar-refractivity contribution >= 4 is 5.96 Å². The summed E-state index contributed by atoms with van der Waals surface area (Å²) in [4.78, 5) is 5.34. The Hall–Kier alpha value is -2.64. The van der Waals surface area contributed by atoms with Crippen molar-refractivity contribution in [2.24, 2.45) is 10.7 Å². The van der Waals surface area contributed by atoms with E-state index in [-0.39, 0.29) is 36.7 Å². The van der Waals surface area contributed by atoms with Gasteiger partial charge in [-0.2, -0.15) is 14.0 Å². The monoisotopic (exact) mass is 426 g/mol. The van der Waals surface area contributed by atoms with Gasteiger partial charge in [0.25, 0.3) is 0 Å². The third kappa shape index (κ3) is 7.31. The molecule has 0 radical (unpaired) electrons. The van der Waals surface area contributed by atoms with E-state index >= 15 is 0 Å². The molecule has 1 fully saturated rings. The fourth-order valence-corrected chi connectivity index (χ4v) is 3.13. The number of nitriles is 1. The van der Waals surface area contributed by atoms with Crippen LogP contribution in [0.1, 0.15) is 31.2 Å². The molecule has 1 aromatic carbocycles. The van der Waals surface area contributed by atoms with Crippen LogP contribution >= 0.6 is 0 Å². The van der Waals surface area contributed by atoms with E-state index in [1.807, 2.05) is 6.19 Å². The van der Waals surface area contributed by atoms with E-state index in [0.29, 0.717) is 6.42 Å². The van der Waals surface area contributed by atoms with Crippen molar-refractivity contribution in [3.63, 3.8) is 0 Å². The smallest absolute Gasteiger partial charge is 0.387 e. The normalized spacial score (nSPS) is 14.9. The fraction of sp³-hybridized carbons (Fsp3) is 0.600. The Balaban J connectivity index is 2.05. The summed E-state index contributed by atoms with van der Waals surface area (Å²) in [6.07, 6.45) is 5.73. The molecule has 1 aliphatic rings. The van der Waals surface area contributed by atoms with Gasteiger partial charge in [-0.25, -0.2) is 9.89 Å². The Morgan fingerprint density at radius 1 is 1.27 bits per heavy atom. The number of guanidine groups is 1. The minimum absolute atomic E-state index is 0.00374. The number of halogens is 2. The van der Waals surface area contributed by atoms with Gasteiger partial charge in [-0.1, -0.05) is 6.07 Å². The van der Waals surface area contributed by atoms with Gasteiger partial charge in [-0.15, -0.1) is 0 Å². The summed E-state index contributed by atoms with van der Waals surface area (Å²) in [5.74, 6) is 0.327. The summed E-state index contributed by atoms with van der Waals surface area (Å²) < 4.78 is 46.0. The highest BCUT2D eigenvalue weighted by Crippen LogP contribution is 2.33. The van der Waals surface area contributed by atoms with Crippen molar-refractivity contribution in [1.29, 1.82) is 5.26 Å². The van der Waals surface area contributed by atoms with Crippen LogP contribution in [0.25, 0.3) is 0 Å². The maximum Gasteiger partial charge on any atom is 0.387 e. The molecule has 0 unspecified atom stereocenters. The summed E-state index contributed by atoms with van der Waals surface area (Å²) in [7, 11) is 2.96. The third-order valence-electron chi connectivity index (χ3n) is 4.77. The van der Waals surface area contributed by atoms with E-state index in [1.165, 1.54) is 25.2 Å². The molecule has 0 atom stereocenters. The number of benzene rings is 1. The molecule has 0 saturated heterocycles. The largest absolute Gasteiger partial charge is 0.487 e. The van der Waals surface area contributed by atoms with Crippen molar-refractivity contribution in [3.8, 4) is 17.7 Å². The van der Waals surface area contributed by atoms with Crippen molar-refractivity contribution in [3.05, 3.63) is 23.8 Å². The number of hydrogen-bond donors (Lipinski definition) is 1. The summed E-state index contributed by atoms with van der Waals surface area (Å²) in [6.45, 7) is -2.53. The van der Waals surface area contributed by atoms with Gasteiger partial charge < -0.3 is 24.7 Å². The zero-order chi connectivity index (χ0) is 21.9. The van der Waals surface area contributed by atoms with Crippen LogP contribution in [0.3, 0.4) is 0 Å². The average Bonchev–Trinajstić information content (AvgIpc) is 3.23. The van der Waals surface area contributed by atoms with Gasteiger partial charge in [0, 0.05) is 20.8 Å². The number of methoxy groups -OCH3 is 2. The van der Waals surface area contributed by atoms with E-state index in [9.17, 15) is 14.0 Å². The first kappa shape index (κ1) is 23.6. The lowest BCUT2D eigenvalue weighted by Gasteiger charge is -2.19. The summed E-state index contributed by atoms with van der Waals surface area (Å²) >= 11 is 0. The van der Waals surface area contributed by atoms with Crippen LogP contribution in [0.5, 0.6) is 11.5 Å². The number of rotatable bonds is 11. The second-order valence-corrected chi connectivity index (χ2v) is 6.79. The number of nitrogens with zero attached hydrogens (tertiary/aromatic N) is 3. The number of hydrogen-bond acceptors (Lipinski definition) is 6. The van der Waals surface area contributed by atoms with E-state index in [1.54, 1.807) is 12.1 Å². The first-order valence-corrected chi connectivity index (χ1v) is 9.74. The van der Waals surface area contributed by atoms with Crippen molar-refractivity contribution < 1.29 is 27.7 Å². The Morgan fingerprint density at radius 3 is 2.57 bits per heavy atom. The molecule has 1 aliphatic carbocycles. The quantitative estimate of drug-likeness (QED) is 0.191. The molecule has 8 nitrogen and oxygen atoms in total.